The molecule has 7 heteroatoms. The van der Waals surface area contributed by atoms with E-state index >= 15 is 0 Å². The van der Waals surface area contributed by atoms with Gasteiger partial charge in [0, 0.05) is 7.05 Å². The zero-order valence-corrected chi connectivity index (χ0v) is 13.5. The molecular weight excluding hydrogens is 298 g/mol. The third kappa shape index (κ3) is 3.68. The van der Waals surface area contributed by atoms with E-state index in [1.165, 1.54) is 6.07 Å². The largest absolute Gasteiger partial charge is 0.480 e. The number of rotatable bonds is 5. The molecule has 1 aromatic carbocycles. The number of carboxylic acids is 1. The van der Waals surface area contributed by atoms with Crippen molar-refractivity contribution in [1.29, 1.82) is 0 Å². The average molecular weight is 317 g/mol. The highest BCUT2D eigenvalue weighted by Crippen LogP contribution is 2.21. The lowest BCUT2D eigenvalue weighted by Gasteiger charge is -2.10. The van der Waals surface area contributed by atoms with Crippen molar-refractivity contribution in [1.82, 2.24) is 9.78 Å². The molecule has 7 nitrogen and oxygen atoms in total. The number of aromatic carboxylic acids is 1. The number of hydrogen-bond acceptors (Lipinski definition) is 4. The normalized spacial score (nSPS) is 10.4. The number of aryl methyl sites for hydroxylation is 3. The van der Waals surface area contributed by atoms with Gasteiger partial charge in [-0.05, 0) is 32.9 Å². The first kappa shape index (κ1) is 16.5. The van der Waals surface area contributed by atoms with Crippen molar-refractivity contribution in [3.8, 4) is 5.75 Å². The smallest absolute Gasteiger partial charge is 0.337 e. The molecule has 0 bridgehead atoms. The highest BCUT2D eigenvalue weighted by Gasteiger charge is 2.15. The molecule has 0 saturated heterocycles. The van der Waals surface area contributed by atoms with Crippen LogP contribution in [0.2, 0.25) is 0 Å². The highest BCUT2D eigenvalue weighted by atomic mass is 16.5. The van der Waals surface area contributed by atoms with E-state index in [9.17, 15) is 14.7 Å². The summed E-state index contributed by atoms with van der Waals surface area (Å²) in [6.07, 6.45) is 0. The molecule has 0 aliphatic rings. The summed E-state index contributed by atoms with van der Waals surface area (Å²) in [5.41, 5.74) is 2.61. The van der Waals surface area contributed by atoms with Gasteiger partial charge in [-0.2, -0.15) is 5.10 Å². The molecule has 122 valence electrons. The van der Waals surface area contributed by atoms with Crippen LogP contribution in [0.5, 0.6) is 5.75 Å². The van der Waals surface area contributed by atoms with Gasteiger partial charge in [0.25, 0.3) is 5.91 Å². The van der Waals surface area contributed by atoms with E-state index in [4.69, 9.17) is 4.74 Å². The third-order valence-corrected chi connectivity index (χ3v) is 3.47. The molecule has 2 N–H and O–H groups in total. The van der Waals surface area contributed by atoms with E-state index in [-0.39, 0.29) is 17.9 Å². The minimum Gasteiger partial charge on any atom is -0.480 e. The van der Waals surface area contributed by atoms with Gasteiger partial charge in [-0.3, -0.25) is 9.48 Å². The predicted octanol–water partition coefficient (Wildman–Crippen LogP) is 2.06. The van der Waals surface area contributed by atoms with Crippen LogP contribution in [0.1, 0.15) is 27.3 Å². The molecule has 0 saturated carbocycles. The molecule has 0 unspecified atom stereocenters. The molecule has 0 spiro atoms. The lowest BCUT2D eigenvalue weighted by molar-refractivity contribution is -0.118. The van der Waals surface area contributed by atoms with Crippen molar-refractivity contribution >= 4 is 17.6 Å². The van der Waals surface area contributed by atoms with Crippen LogP contribution in [0.25, 0.3) is 0 Å². The summed E-state index contributed by atoms with van der Waals surface area (Å²) in [5.74, 6) is -0.965. The lowest BCUT2D eigenvalue weighted by atomic mass is 10.1. The summed E-state index contributed by atoms with van der Waals surface area (Å²) >= 11 is 0. The fraction of sp³-hybridized carbons (Fsp3) is 0.312. The van der Waals surface area contributed by atoms with Crippen molar-refractivity contribution < 1.29 is 19.4 Å². The number of nitrogens with zero attached hydrogens (tertiary/aromatic N) is 2. The van der Waals surface area contributed by atoms with E-state index in [0.717, 1.165) is 11.3 Å². The van der Waals surface area contributed by atoms with Crippen molar-refractivity contribution in [2.45, 2.75) is 20.8 Å². The Labute approximate surface area is 133 Å². The number of benzene rings is 1. The van der Waals surface area contributed by atoms with E-state index in [1.54, 1.807) is 37.7 Å². The summed E-state index contributed by atoms with van der Waals surface area (Å²) in [5, 5.41) is 16.0. The lowest BCUT2D eigenvalue weighted by Crippen LogP contribution is -2.22. The zero-order valence-electron chi connectivity index (χ0n) is 13.5. The van der Waals surface area contributed by atoms with Crippen LogP contribution in [0.3, 0.4) is 0 Å². The summed E-state index contributed by atoms with van der Waals surface area (Å²) in [6.45, 7) is 5.20. The topological polar surface area (TPSA) is 93.5 Å². The Morgan fingerprint density at radius 1 is 1.30 bits per heavy atom. The molecule has 1 aromatic heterocycles. The van der Waals surface area contributed by atoms with Crippen molar-refractivity contribution in [2.75, 3.05) is 11.9 Å². The van der Waals surface area contributed by atoms with Gasteiger partial charge in [-0.15, -0.1) is 0 Å². The Bertz CT molecular complexity index is 765. The molecule has 0 atom stereocenters. The Morgan fingerprint density at radius 3 is 2.57 bits per heavy atom. The Morgan fingerprint density at radius 2 is 2.00 bits per heavy atom. The van der Waals surface area contributed by atoms with Crippen LogP contribution in [-0.4, -0.2) is 33.4 Å². The maximum atomic E-state index is 12.0. The monoisotopic (exact) mass is 317 g/mol. The van der Waals surface area contributed by atoms with Gasteiger partial charge in [0.2, 0.25) is 0 Å². The quantitative estimate of drug-likeness (QED) is 0.880. The SMILES string of the molecule is Cc1ccc(NC(=O)COc2c(C)nn(C)c2C)c(C(=O)O)c1. The fourth-order valence-electron chi connectivity index (χ4n) is 2.23. The minimum absolute atomic E-state index is 0.0482. The van der Waals surface area contributed by atoms with Crippen molar-refractivity contribution in [3.05, 3.63) is 40.7 Å². The number of carbonyl (C=O) groups is 2. The molecule has 2 rings (SSSR count). The van der Waals surface area contributed by atoms with Crippen LogP contribution in [0.15, 0.2) is 18.2 Å². The van der Waals surface area contributed by atoms with Crippen LogP contribution in [-0.2, 0) is 11.8 Å². The van der Waals surface area contributed by atoms with E-state index in [2.05, 4.69) is 10.4 Å². The van der Waals surface area contributed by atoms with E-state index in [0.29, 0.717) is 11.4 Å². The Balaban J connectivity index is 2.07. The first-order valence-corrected chi connectivity index (χ1v) is 7.06. The molecule has 1 heterocycles. The first-order chi connectivity index (χ1) is 10.8. The number of nitrogens with one attached hydrogen (secondary N) is 1. The number of anilines is 1. The molecule has 0 fully saturated rings. The van der Waals surface area contributed by atoms with Gasteiger partial charge in [-0.1, -0.05) is 11.6 Å². The fourth-order valence-corrected chi connectivity index (χ4v) is 2.23. The van der Waals surface area contributed by atoms with E-state index < -0.39 is 11.9 Å². The molecule has 2 aromatic rings. The van der Waals surface area contributed by atoms with Gasteiger partial charge in [0.15, 0.2) is 12.4 Å². The van der Waals surface area contributed by atoms with Crippen LogP contribution in [0.4, 0.5) is 5.69 Å². The summed E-state index contributed by atoms with van der Waals surface area (Å²) < 4.78 is 7.18. The van der Waals surface area contributed by atoms with Gasteiger partial charge in [0.05, 0.1) is 16.9 Å². The third-order valence-electron chi connectivity index (χ3n) is 3.47. The maximum absolute atomic E-state index is 12.0. The van der Waals surface area contributed by atoms with Gasteiger partial charge in [0.1, 0.15) is 5.69 Å². The van der Waals surface area contributed by atoms with Crippen molar-refractivity contribution in [3.63, 3.8) is 0 Å². The molecule has 0 aliphatic heterocycles. The minimum atomic E-state index is -1.09. The van der Waals surface area contributed by atoms with Gasteiger partial charge < -0.3 is 15.2 Å². The number of hydrogen-bond donors (Lipinski definition) is 2. The van der Waals surface area contributed by atoms with E-state index in [1.807, 2.05) is 6.92 Å². The predicted molar refractivity (Wildman–Crippen MR) is 84.9 cm³/mol. The number of ether oxygens (including phenoxy) is 1. The second-order valence-electron chi connectivity index (χ2n) is 5.31. The highest BCUT2D eigenvalue weighted by molar-refractivity contribution is 6.01. The summed E-state index contributed by atoms with van der Waals surface area (Å²) in [6, 6.07) is 4.81. The standard InChI is InChI=1S/C16H19N3O4/c1-9-5-6-13(12(7-9)16(21)22)17-14(20)8-23-15-10(2)18-19(4)11(15)3/h5-7H,8H2,1-4H3,(H,17,20)(H,21,22). The molecule has 0 radical (unpaired) electrons. The molecule has 0 aliphatic carbocycles. The van der Waals surface area contributed by atoms with Gasteiger partial charge in [-0.25, -0.2) is 4.79 Å². The average Bonchev–Trinajstić information content (AvgIpc) is 2.72. The zero-order chi connectivity index (χ0) is 17.1. The number of aromatic nitrogens is 2. The number of amides is 1. The van der Waals surface area contributed by atoms with Crippen LogP contribution in [0, 0.1) is 20.8 Å². The van der Waals surface area contributed by atoms with Crippen LogP contribution < -0.4 is 10.1 Å². The molecular formula is C16H19N3O4. The Hall–Kier alpha value is -2.83. The van der Waals surface area contributed by atoms with Crippen molar-refractivity contribution in [2.24, 2.45) is 7.05 Å². The Kier molecular flexibility index (Phi) is 4.68. The maximum Gasteiger partial charge on any atom is 0.337 e. The number of carbonyl (C=O) groups excluding carboxylic acids is 1. The summed E-state index contributed by atoms with van der Waals surface area (Å²) in [7, 11) is 1.79. The van der Waals surface area contributed by atoms with Crippen LogP contribution >= 0.6 is 0 Å². The second-order valence-corrected chi connectivity index (χ2v) is 5.31. The number of carboxylic acid groups (broad SMARTS) is 1. The molecule has 1 amide bonds. The summed E-state index contributed by atoms with van der Waals surface area (Å²) in [4.78, 5) is 23.3. The van der Waals surface area contributed by atoms with Gasteiger partial charge >= 0.3 is 5.97 Å². The first-order valence-electron chi connectivity index (χ1n) is 7.06. The molecule has 23 heavy (non-hydrogen) atoms. The second kappa shape index (κ2) is 6.51.